The van der Waals surface area contributed by atoms with Crippen molar-refractivity contribution < 1.29 is 14.7 Å². The number of hydrogen-bond acceptors (Lipinski definition) is 4. The zero-order valence-corrected chi connectivity index (χ0v) is 14.9. The Bertz CT molecular complexity index is 565. The molecule has 1 aromatic carbocycles. The van der Waals surface area contributed by atoms with Gasteiger partial charge in [0.05, 0.1) is 11.8 Å². The first kappa shape index (κ1) is 18.8. The summed E-state index contributed by atoms with van der Waals surface area (Å²) in [6, 6.07) is 7.60. The summed E-state index contributed by atoms with van der Waals surface area (Å²) in [6.45, 7) is 0.497. The number of rotatable bonds is 7. The van der Waals surface area contributed by atoms with Crippen molar-refractivity contribution in [3.8, 4) is 0 Å². The maximum Gasteiger partial charge on any atom is 0.224 e. The molecule has 0 heterocycles. The molecular formula is C18H26N2O3S. The molecule has 1 aliphatic rings. The van der Waals surface area contributed by atoms with Gasteiger partial charge in [-0.2, -0.15) is 0 Å². The molecule has 0 saturated heterocycles. The third kappa shape index (κ3) is 5.83. The highest BCUT2D eigenvalue weighted by atomic mass is 32.2. The van der Waals surface area contributed by atoms with E-state index in [-0.39, 0.29) is 36.7 Å². The standard InChI is InChI=1S/C18H26N2O3S/c1-24-16-9-5-3-7-14(16)20-18(23)11-10-17(22)19-12-13-6-2-4-8-15(13)21/h3,5,7,9,13,15,21H,2,4,6,8,10-12H2,1H3,(H,19,22)(H,20,23)/t13-,15-/m0/s1. The molecule has 1 aromatic rings. The third-order valence-electron chi connectivity index (χ3n) is 4.39. The van der Waals surface area contributed by atoms with Gasteiger partial charge in [0.2, 0.25) is 11.8 Å². The third-order valence-corrected chi connectivity index (χ3v) is 5.19. The molecule has 2 amide bonds. The first-order valence-corrected chi connectivity index (χ1v) is 9.70. The summed E-state index contributed by atoms with van der Waals surface area (Å²) >= 11 is 1.57. The summed E-state index contributed by atoms with van der Waals surface area (Å²) < 4.78 is 0. The van der Waals surface area contributed by atoms with Crippen LogP contribution in [0.15, 0.2) is 29.2 Å². The van der Waals surface area contributed by atoms with E-state index in [0.717, 1.165) is 36.3 Å². The number of carbonyl (C=O) groups excluding carboxylic acids is 2. The van der Waals surface area contributed by atoms with E-state index in [4.69, 9.17) is 0 Å². The van der Waals surface area contributed by atoms with Crippen LogP contribution < -0.4 is 10.6 Å². The van der Waals surface area contributed by atoms with Crippen LogP contribution in [0, 0.1) is 5.92 Å². The molecule has 1 fully saturated rings. The van der Waals surface area contributed by atoms with Crippen LogP contribution in [0.25, 0.3) is 0 Å². The summed E-state index contributed by atoms with van der Waals surface area (Å²) in [6.07, 6.45) is 5.89. The summed E-state index contributed by atoms with van der Waals surface area (Å²) in [5, 5.41) is 15.6. The minimum Gasteiger partial charge on any atom is -0.393 e. The van der Waals surface area contributed by atoms with Crippen molar-refractivity contribution in [1.29, 1.82) is 0 Å². The van der Waals surface area contributed by atoms with Gasteiger partial charge in [0.15, 0.2) is 0 Å². The fourth-order valence-electron chi connectivity index (χ4n) is 2.95. The molecule has 0 aromatic heterocycles. The molecule has 24 heavy (non-hydrogen) atoms. The Morgan fingerprint density at radius 2 is 1.88 bits per heavy atom. The average Bonchev–Trinajstić information content (AvgIpc) is 2.59. The second-order valence-corrected chi connectivity index (χ2v) is 7.01. The summed E-state index contributed by atoms with van der Waals surface area (Å²) in [5.41, 5.74) is 0.778. The van der Waals surface area contributed by atoms with E-state index in [1.807, 2.05) is 30.5 Å². The molecule has 0 aliphatic heterocycles. The normalized spacial score (nSPS) is 20.4. The lowest BCUT2D eigenvalue weighted by Gasteiger charge is -2.27. The van der Waals surface area contributed by atoms with Crippen LogP contribution in [-0.4, -0.2) is 35.8 Å². The van der Waals surface area contributed by atoms with E-state index in [2.05, 4.69) is 10.6 Å². The molecule has 0 radical (unpaired) electrons. The highest BCUT2D eigenvalue weighted by molar-refractivity contribution is 7.98. The minimum absolute atomic E-state index is 0.138. The van der Waals surface area contributed by atoms with Crippen LogP contribution in [0.4, 0.5) is 5.69 Å². The van der Waals surface area contributed by atoms with Crippen LogP contribution in [0.3, 0.4) is 0 Å². The molecule has 132 valence electrons. The van der Waals surface area contributed by atoms with Gasteiger partial charge in [-0.05, 0) is 31.2 Å². The fraction of sp³-hybridized carbons (Fsp3) is 0.556. The number of hydrogen-bond donors (Lipinski definition) is 3. The fourth-order valence-corrected chi connectivity index (χ4v) is 3.50. The number of amides is 2. The summed E-state index contributed by atoms with van der Waals surface area (Å²) in [4.78, 5) is 24.9. The topological polar surface area (TPSA) is 78.4 Å². The Balaban J connectivity index is 1.70. The smallest absolute Gasteiger partial charge is 0.224 e. The lowest BCUT2D eigenvalue weighted by Crippen LogP contribution is -2.36. The van der Waals surface area contributed by atoms with E-state index in [9.17, 15) is 14.7 Å². The van der Waals surface area contributed by atoms with Crippen LogP contribution in [0.1, 0.15) is 38.5 Å². The van der Waals surface area contributed by atoms with E-state index in [1.165, 1.54) is 0 Å². The predicted molar refractivity (Wildman–Crippen MR) is 97.1 cm³/mol. The maximum absolute atomic E-state index is 12.0. The number of aliphatic hydroxyl groups excluding tert-OH is 1. The maximum atomic E-state index is 12.0. The average molecular weight is 350 g/mol. The minimum atomic E-state index is -0.314. The second kappa shape index (κ2) is 9.69. The van der Waals surface area contributed by atoms with Crippen molar-refractivity contribution in [2.75, 3.05) is 18.1 Å². The Labute approximate surface area is 147 Å². The van der Waals surface area contributed by atoms with Crippen LogP contribution in [0.5, 0.6) is 0 Å². The summed E-state index contributed by atoms with van der Waals surface area (Å²) in [5.74, 6) is -0.157. The van der Waals surface area contributed by atoms with Gasteiger partial charge < -0.3 is 15.7 Å². The van der Waals surface area contributed by atoms with E-state index >= 15 is 0 Å². The molecule has 1 aliphatic carbocycles. The van der Waals surface area contributed by atoms with Crippen molar-refractivity contribution in [3.63, 3.8) is 0 Å². The molecule has 6 heteroatoms. The summed E-state index contributed by atoms with van der Waals surface area (Å²) in [7, 11) is 0. The van der Waals surface area contributed by atoms with E-state index in [1.54, 1.807) is 11.8 Å². The lowest BCUT2D eigenvalue weighted by atomic mass is 9.86. The molecule has 1 saturated carbocycles. The molecule has 2 rings (SSSR count). The SMILES string of the molecule is CSc1ccccc1NC(=O)CCC(=O)NC[C@@H]1CCCC[C@@H]1O. The van der Waals surface area contributed by atoms with Crippen LogP contribution in [0.2, 0.25) is 0 Å². The van der Waals surface area contributed by atoms with Gasteiger partial charge in [-0.3, -0.25) is 9.59 Å². The molecule has 5 nitrogen and oxygen atoms in total. The first-order chi connectivity index (χ1) is 11.6. The first-order valence-electron chi connectivity index (χ1n) is 8.47. The number of anilines is 1. The largest absolute Gasteiger partial charge is 0.393 e. The quantitative estimate of drug-likeness (QED) is 0.661. The van der Waals surface area contributed by atoms with Gasteiger partial charge in [0.1, 0.15) is 0 Å². The molecule has 0 spiro atoms. The Hall–Kier alpha value is -1.53. The van der Waals surface area contributed by atoms with E-state index in [0.29, 0.717) is 6.54 Å². The number of benzene rings is 1. The van der Waals surface area contributed by atoms with Crippen molar-refractivity contribution in [2.24, 2.45) is 5.92 Å². The van der Waals surface area contributed by atoms with Gasteiger partial charge in [0.25, 0.3) is 0 Å². The molecule has 0 unspecified atom stereocenters. The Kier molecular flexibility index (Phi) is 7.59. The van der Waals surface area contributed by atoms with Gasteiger partial charge in [-0.25, -0.2) is 0 Å². The number of aliphatic hydroxyl groups is 1. The Morgan fingerprint density at radius 3 is 2.62 bits per heavy atom. The van der Waals surface area contributed by atoms with Gasteiger partial charge in [-0.1, -0.05) is 25.0 Å². The van der Waals surface area contributed by atoms with Gasteiger partial charge in [0, 0.05) is 30.2 Å². The van der Waals surface area contributed by atoms with Gasteiger partial charge in [-0.15, -0.1) is 11.8 Å². The van der Waals surface area contributed by atoms with Crippen molar-refractivity contribution in [2.45, 2.75) is 49.5 Å². The van der Waals surface area contributed by atoms with Gasteiger partial charge >= 0.3 is 0 Å². The number of nitrogens with one attached hydrogen (secondary N) is 2. The van der Waals surface area contributed by atoms with Crippen molar-refractivity contribution in [3.05, 3.63) is 24.3 Å². The molecule has 0 bridgehead atoms. The van der Waals surface area contributed by atoms with Crippen molar-refractivity contribution >= 4 is 29.3 Å². The highest BCUT2D eigenvalue weighted by Crippen LogP contribution is 2.25. The Morgan fingerprint density at radius 1 is 1.17 bits per heavy atom. The van der Waals surface area contributed by atoms with Crippen LogP contribution >= 0.6 is 11.8 Å². The number of thioether (sulfide) groups is 1. The zero-order valence-electron chi connectivity index (χ0n) is 14.1. The predicted octanol–water partition coefficient (Wildman–Crippen LogP) is 2.79. The van der Waals surface area contributed by atoms with Crippen molar-refractivity contribution in [1.82, 2.24) is 5.32 Å². The molecule has 2 atom stereocenters. The van der Waals surface area contributed by atoms with E-state index < -0.39 is 0 Å². The second-order valence-electron chi connectivity index (χ2n) is 6.16. The molecular weight excluding hydrogens is 324 g/mol. The lowest BCUT2D eigenvalue weighted by molar-refractivity contribution is -0.124. The molecule has 3 N–H and O–H groups in total. The monoisotopic (exact) mass is 350 g/mol. The number of carbonyl (C=O) groups is 2. The zero-order chi connectivity index (χ0) is 17.4. The highest BCUT2D eigenvalue weighted by Gasteiger charge is 2.23. The number of para-hydroxylation sites is 1. The van der Waals surface area contributed by atoms with Crippen LogP contribution in [-0.2, 0) is 9.59 Å².